The van der Waals surface area contributed by atoms with E-state index in [0.29, 0.717) is 0 Å². The molecule has 2 aliphatic heterocycles. The Bertz CT molecular complexity index is 285. The molecule has 0 aromatic carbocycles. The number of aliphatic hydroxyl groups excluding tert-OH is 3. The minimum atomic E-state index is -1.79. The fraction of sp³-hybridized carbons (Fsp3) is 1.00. The Balaban J connectivity index is 2.01. The first kappa shape index (κ1) is 14.0. The van der Waals surface area contributed by atoms with Gasteiger partial charge in [-0.15, -0.1) is 0 Å². The van der Waals surface area contributed by atoms with E-state index in [4.69, 9.17) is 54.1 Å². The summed E-state index contributed by atoms with van der Waals surface area (Å²) in [5, 5.41) is 28.0. The van der Waals surface area contributed by atoms with Gasteiger partial charge in [0.1, 0.15) is 24.4 Å². The van der Waals surface area contributed by atoms with Crippen LogP contribution in [-0.2, 0) is 14.2 Å². The summed E-state index contributed by atoms with van der Waals surface area (Å²) in [5.74, 6) is 0. The summed E-state index contributed by atoms with van der Waals surface area (Å²) in [6.07, 6.45) is -6.33. The Kier molecular flexibility index (Phi) is 4.10. The van der Waals surface area contributed by atoms with Crippen molar-refractivity contribution in [1.29, 1.82) is 0 Å². The second-order valence-corrected chi connectivity index (χ2v) is 6.19. The third kappa shape index (κ3) is 2.65. The van der Waals surface area contributed by atoms with Crippen molar-refractivity contribution < 1.29 is 29.5 Å². The number of ether oxygens (including phenoxy) is 3. The summed E-state index contributed by atoms with van der Waals surface area (Å²) < 4.78 is 13.8. The van der Waals surface area contributed by atoms with Gasteiger partial charge >= 0.3 is 0 Å². The van der Waals surface area contributed by atoms with Gasteiger partial charge in [-0.05, 0) is 0 Å². The smallest absolute Gasteiger partial charge is 0.241 e. The zero-order valence-electron chi connectivity index (χ0n) is 8.37. The predicted molar refractivity (Wildman–Crippen MR) is 57.8 cm³/mol. The lowest BCUT2D eigenvalue weighted by atomic mass is 10.1. The third-order valence-electron chi connectivity index (χ3n) is 2.60. The maximum absolute atomic E-state index is 9.81. The molecule has 0 bridgehead atoms. The van der Waals surface area contributed by atoms with Gasteiger partial charge in [-0.1, -0.05) is 34.8 Å². The molecule has 0 saturated carbocycles. The van der Waals surface area contributed by atoms with Crippen LogP contribution in [0.15, 0.2) is 0 Å². The third-order valence-corrected chi connectivity index (χ3v) is 3.14. The summed E-state index contributed by atoms with van der Waals surface area (Å²) in [6, 6.07) is 0. The molecule has 6 atom stereocenters. The van der Waals surface area contributed by atoms with Crippen LogP contribution in [0.5, 0.6) is 0 Å². The number of halogens is 3. The monoisotopic (exact) mass is 308 g/mol. The molecule has 2 fully saturated rings. The Hall–Kier alpha value is 0.630. The lowest BCUT2D eigenvalue weighted by Crippen LogP contribution is -2.42. The van der Waals surface area contributed by atoms with E-state index in [1.54, 1.807) is 0 Å². The minimum absolute atomic E-state index is 0.547. The average molecular weight is 310 g/mol. The van der Waals surface area contributed by atoms with Crippen molar-refractivity contribution in [2.75, 3.05) is 6.61 Å². The van der Waals surface area contributed by atoms with Crippen LogP contribution in [0.4, 0.5) is 0 Å². The summed E-state index contributed by atoms with van der Waals surface area (Å²) in [5.41, 5.74) is 0. The van der Waals surface area contributed by atoms with Crippen molar-refractivity contribution >= 4 is 34.8 Å². The van der Waals surface area contributed by atoms with Crippen molar-refractivity contribution in [3.8, 4) is 0 Å². The molecule has 6 nitrogen and oxygen atoms in total. The number of fused-ring (bicyclic) bond motifs is 1. The Labute approximate surface area is 112 Å². The van der Waals surface area contributed by atoms with Crippen LogP contribution in [0.1, 0.15) is 0 Å². The number of hydrogen-bond donors (Lipinski definition) is 3. The van der Waals surface area contributed by atoms with Gasteiger partial charge in [-0.25, -0.2) is 0 Å². The summed E-state index contributed by atoms with van der Waals surface area (Å²) in [4.78, 5) is 0. The van der Waals surface area contributed by atoms with Gasteiger partial charge in [-0.2, -0.15) is 0 Å². The van der Waals surface area contributed by atoms with E-state index in [-0.39, 0.29) is 0 Å². The SMILES string of the molecule is OC[C@H](O)[C@@H]1O[C@@H]2O[C@H](C(Cl)(Cl)Cl)O[C@@H]2[C@@H]1O. The molecule has 0 unspecified atom stereocenters. The van der Waals surface area contributed by atoms with E-state index in [2.05, 4.69) is 0 Å². The van der Waals surface area contributed by atoms with Crippen molar-refractivity contribution in [3.05, 3.63) is 0 Å². The largest absolute Gasteiger partial charge is 0.394 e. The molecule has 9 heteroatoms. The van der Waals surface area contributed by atoms with E-state index in [0.717, 1.165) is 0 Å². The van der Waals surface area contributed by atoms with Crippen LogP contribution >= 0.6 is 34.8 Å². The van der Waals surface area contributed by atoms with Crippen molar-refractivity contribution in [2.45, 2.75) is 40.8 Å². The summed E-state index contributed by atoms with van der Waals surface area (Å²) in [6.45, 7) is -0.547. The molecule has 2 saturated heterocycles. The minimum Gasteiger partial charge on any atom is -0.394 e. The summed E-state index contributed by atoms with van der Waals surface area (Å²) >= 11 is 16.7. The normalized spacial score (nSPS) is 43.8. The fourth-order valence-electron chi connectivity index (χ4n) is 1.79. The maximum atomic E-state index is 9.81. The van der Waals surface area contributed by atoms with Crippen LogP contribution in [0.3, 0.4) is 0 Å². The first-order valence-electron chi connectivity index (χ1n) is 4.84. The van der Waals surface area contributed by atoms with E-state index < -0.39 is 47.4 Å². The van der Waals surface area contributed by atoms with Gasteiger partial charge < -0.3 is 29.5 Å². The second-order valence-electron chi connectivity index (χ2n) is 3.82. The molecular formula is C8H11Cl3O6. The fourth-order valence-corrected chi connectivity index (χ4v) is 2.10. The lowest BCUT2D eigenvalue weighted by molar-refractivity contribution is -0.188. The Morgan fingerprint density at radius 3 is 2.29 bits per heavy atom. The van der Waals surface area contributed by atoms with E-state index in [1.807, 2.05) is 0 Å². The molecule has 0 aromatic rings. The van der Waals surface area contributed by atoms with E-state index in [1.165, 1.54) is 0 Å². The molecule has 100 valence electrons. The van der Waals surface area contributed by atoms with Gasteiger partial charge in [0.2, 0.25) is 10.1 Å². The average Bonchev–Trinajstić information content (AvgIpc) is 2.77. The Morgan fingerprint density at radius 2 is 1.82 bits per heavy atom. The first-order valence-corrected chi connectivity index (χ1v) is 5.98. The first-order chi connectivity index (χ1) is 7.84. The standard InChI is InChI=1S/C8H11Cl3O6/c9-8(10,11)7-16-5-3(14)4(2(13)1-12)15-6(5)17-7/h2-7,12-14H,1H2/t2-,3+,4-,5+,6+,7+/m0/s1. The van der Waals surface area contributed by atoms with Gasteiger partial charge in [0.05, 0.1) is 6.61 Å². The summed E-state index contributed by atoms with van der Waals surface area (Å²) in [7, 11) is 0. The predicted octanol–water partition coefficient (Wildman–Crippen LogP) is -0.463. The number of alkyl halides is 3. The van der Waals surface area contributed by atoms with E-state index >= 15 is 0 Å². The molecule has 0 aromatic heterocycles. The number of hydrogen-bond acceptors (Lipinski definition) is 6. The molecule has 0 aliphatic carbocycles. The van der Waals surface area contributed by atoms with Crippen molar-refractivity contribution in [3.63, 3.8) is 0 Å². The van der Waals surface area contributed by atoms with Gasteiger partial charge in [0, 0.05) is 0 Å². The maximum Gasteiger partial charge on any atom is 0.241 e. The van der Waals surface area contributed by atoms with Gasteiger partial charge in [-0.3, -0.25) is 0 Å². The van der Waals surface area contributed by atoms with Crippen molar-refractivity contribution in [2.24, 2.45) is 0 Å². The van der Waals surface area contributed by atoms with Crippen LogP contribution in [0.2, 0.25) is 0 Å². The quantitative estimate of drug-likeness (QED) is 0.598. The van der Waals surface area contributed by atoms with Crippen LogP contribution in [0, 0.1) is 0 Å². The zero-order valence-corrected chi connectivity index (χ0v) is 10.6. The Morgan fingerprint density at radius 1 is 1.18 bits per heavy atom. The van der Waals surface area contributed by atoms with Gasteiger partial charge in [0.25, 0.3) is 0 Å². The molecule has 2 aliphatic rings. The van der Waals surface area contributed by atoms with Crippen LogP contribution in [-0.4, -0.2) is 62.7 Å². The highest BCUT2D eigenvalue weighted by Gasteiger charge is 2.57. The second kappa shape index (κ2) is 4.96. The number of rotatable bonds is 2. The molecule has 0 spiro atoms. The molecule has 0 amide bonds. The highest BCUT2D eigenvalue weighted by atomic mass is 35.6. The molecule has 2 rings (SSSR count). The molecule has 2 heterocycles. The number of aliphatic hydroxyl groups is 3. The highest BCUT2D eigenvalue weighted by Crippen LogP contribution is 2.42. The highest BCUT2D eigenvalue weighted by molar-refractivity contribution is 6.67. The van der Waals surface area contributed by atoms with Crippen LogP contribution < -0.4 is 0 Å². The molecule has 0 radical (unpaired) electrons. The van der Waals surface area contributed by atoms with Gasteiger partial charge in [0.15, 0.2) is 6.29 Å². The molecule has 17 heavy (non-hydrogen) atoms. The lowest BCUT2D eigenvalue weighted by Gasteiger charge is -2.24. The van der Waals surface area contributed by atoms with Crippen molar-refractivity contribution in [1.82, 2.24) is 0 Å². The van der Waals surface area contributed by atoms with Crippen LogP contribution in [0.25, 0.3) is 0 Å². The molecule has 3 N–H and O–H groups in total. The molecular weight excluding hydrogens is 298 g/mol. The topological polar surface area (TPSA) is 88.4 Å². The van der Waals surface area contributed by atoms with E-state index in [9.17, 15) is 10.2 Å². The zero-order chi connectivity index (χ0) is 12.8.